The van der Waals surface area contributed by atoms with E-state index in [1.165, 1.54) is 16.6 Å². The topological polar surface area (TPSA) is 83.7 Å². The number of H-pyrrole nitrogens is 1. The molecule has 3 N–H and O–H groups in total. The van der Waals surface area contributed by atoms with Crippen molar-refractivity contribution in [2.75, 3.05) is 18.0 Å². The summed E-state index contributed by atoms with van der Waals surface area (Å²) in [5.74, 6) is 0.949. The van der Waals surface area contributed by atoms with E-state index in [9.17, 15) is 0 Å². The molecule has 4 heterocycles. The SMILES string of the molecule is N[C@@H]1c2cccnc2CC12CCN(c1cnc(-c3c[nH]c4ccccc34)c(I)n1)CC2. The Kier molecular flexibility index (Phi) is 4.50. The minimum atomic E-state index is 0.0776. The lowest BCUT2D eigenvalue weighted by molar-refractivity contribution is 0.186. The zero-order valence-electron chi connectivity index (χ0n) is 17.1. The summed E-state index contributed by atoms with van der Waals surface area (Å²) >= 11 is 2.31. The van der Waals surface area contributed by atoms with Crippen molar-refractivity contribution in [3.63, 3.8) is 0 Å². The van der Waals surface area contributed by atoms with Gasteiger partial charge in [-0.1, -0.05) is 24.3 Å². The molecule has 31 heavy (non-hydrogen) atoms. The Hall–Kier alpha value is -2.52. The number of benzene rings is 1. The number of halogens is 1. The zero-order valence-corrected chi connectivity index (χ0v) is 19.2. The van der Waals surface area contributed by atoms with Gasteiger partial charge in [0, 0.05) is 53.7 Å². The van der Waals surface area contributed by atoms with Gasteiger partial charge in [-0.2, -0.15) is 0 Å². The molecule has 1 atom stereocenters. The number of fused-ring (bicyclic) bond motifs is 2. The van der Waals surface area contributed by atoms with Crippen LogP contribution in [0.25, 0.3) is 22.2 Å². The molecule has 0 saturated carbocycles. The van der Waals surface area contributed by atoms with Crippen LogP contribution in [0.5, 0.6) is 0 Å². The molecule has 0 unspecified atom stereocenters. The summed E-state index contributed by atoms with van der Waals surface area (Å²) < 4.78 is 0.925. The first-order valence-electron chi connectivity index (χ1n) is 10.7. The number of nitrogens with two attached hydrogens (primary N) is 1. The molecule has 1 fully saturated rings. The Bertz CT molecular complexity index is 1270. The van der Waals surface area contributed by atoms with Crippen LogP contribution in [0.3, 0.4) is 0 Å². The Morgan fingerprint density at radius 1 is 1.10 bits per heavy atom. The lowest BCUT2D eigenvalue weighted by Crippen LogP contribution is -2.44. The highest BCUT2D eigenvalue weighted by atomic mass is 127. The van der Waals surface area contributed by atoms with Crippen LogP contribution >= 0.6 is 22.6 Å². The van der Waals surface area contributed by atoms with Gasteiger partial charge in [0.25, 0.3) is 0 Å². The summed E-state index contributed by atoms with van der Waals surface area (Å²) in [6, 6.07) is 12.5. The molecule has 1 aliphatic carbocycles. The number of hydrogen-bond donors (Lipinski definition) is 2. The Morgan fingerprint density at radius 2 is 1.94 bits per heavy atom. The first-order chi connectivity index (χ1) is 15.1. The highest BCUT2D eigenvalue weighted by Crippen LogP contribution is 2.50. The fraction of sp³-hybridized carbons (Fsp3) is 0.292. The average Bonchev–Trinajstić information content (AvgIpc) is 3.34. The second-order valence-corrected chi connectivity index (χ2v) is 9.68. The van der Waals surface area contributed by atoms with Gasteiger partial charge in [0.2, 0.25) is 0 Å². The third kappa shape index (κ3) is 3.05. The maximum absolute atomic E-state index is 6.69. The number of rotatable bonds is 2. The molecular formula is C24H23IN6. The second-order valence-electron chi connectivity index (χ2n) is 8.66. The highest BCUT2D eigenvalue weighted by molar-refractivity contribution is 14.1. The summed E-state index contributed by atoms with van der Waals surface area (Å²) in [5, 5.41) is 1.17. The van der Waals surface area contributed by atoms with Crippen molar-refractivity contribution in [2.45, 2.75) is 25.3 Å². The number of aromatic nitrogens is 4. The molecule has 1 spiro atoms. The van der Waals surface area contributed by atoms with E-state index in [1.807, 2.05) is 30.7 Å². The van der Waals surface area contributed by atoms with Crippen molar-refractivity contribution < 1.29 is 0 Å². The van der Waals surface area contributed by atoms with Gasteiger partial charge in [-0.3, -0.25) is 4.98 Å². The zero-order chi connectivity index (χ0) is 21.0. The molecule has 3 aromatic heterocycles. The van der Waals surface area contributed by atoms with Crippen molar-refractivity contribution in [2.24, 2.45) is 11.1 Å². The quantitative estimate of drug-likeness (QED) is 0.380. The van der Waals surface area contributed by atoms with E-state index in [1.54, 1.807) is 0 Å². The molecule has 1 saturated heterocycles. The summed E-state index contributed by atoms with van der Waals surface area (Å²) in [6.45, 7) is 1.89. The van der Waals surface area contributed by atoms with Gasteiger partial charge in [-0.15, -0.1) is 0 Å². The van der Waals surface area contributed by atoms with Crippen LogP contribution in [0.2, 0.25) is 0 Å². The van der Waals surface area contributed by atoms with Gasteiger partial charge in [-0.25, -0.2) is 9.97 Å². The van der Waals surface area contributed by atoms with Crippen LogP contribution in [-0.2, 0) is 6.42 Å². The fourth-order valence-corrected chi connectivity index (χ4v) is 5.96. The molecule has 7 heteroatoms. The van der Waals surface area contributed by atoms with Crippen LogP contribution in [0, 0.1) is 9.12 Å². The number of aromatic amines is 1. The summed E-state index contributed by atoms with van der Waals surface area (Å²) in [4.78, 5) is 20.0. The van der Waals surface area contributed by atoms with Crippen molar-refractivity contribution >= 4 is 39.3 Å². The van der Waals surface area contributed by atoms with Crippen molar-refractivity contribution in [3.8, 4) is 11.3 Å². The summed E-state index contributed by atoms with van der Waals surface area (Å²) in [7, 11) is 0. The molecule has 2 aliphatic rings. The number of hydrogen-bond acceptors (Lipinski definition) is 5. The molecule has 156 valence electrons. The molecule has 1 aliphatic heterocycles. The second kappa shape index (κ2) is 7.27. The monoisotopic (exact) mass is 522 g/mol. The largest absolute Gasteiger partial charge is 0.360 e. The smallest absolute Gasteiger partial charge is 0.148 e. The van der Waals surface area contributed by atoms with Crippen LogP contribution in [-0.4, -0.2) is 33.0 Å². The van der Waals surface area contributed by atoms with E-state index in [0.29, 0.717) is 0 Å². The predicted molar refractivity (Wildman–Crippen MR) is 131 cm³/mol. The average molecular weight is 522 g/mol. The first-order valence-corrected chi connectivity index (χ1v) is 11.8. The summed E-state index contributed by atoms with van der Waals surface area (Å²) in [5.41, 5.74) is 12.4. The number of nitrogens with one attached hydrogen (secondary N) is 1. The van der Waals surface area contributed by atoms with Gasteiger partial charge in [0.1, 0.15) is 15.2 Å². The Balaban J connectivity index is 1.23. The van der Waals surface area contributed by atoms with Gasteiger partial charge in [0.15, 0.2) is 0 Å². The molecule has 1 aromatic carbocycles. The van der Waals surface area contributed by atoms with E-state index >= 15 is 0 Å². The van der Waals surface area contributed by atoms with Crippen LogP contribution < -0.4 is 10.6 Å². The van der Waals surface area contributed by atoms with Crippen LogP contribution in [0.15, 0.2) is 55.0 Å². The predicted octanol–water partition coefficient (Wildman–Crippen LogP) is 4.47. The molecule has 0 bridgehead atoms. The summed E-state index contributed by atoms with van der Waals surface area (Å²) in [6.07, 6.45) is 8.91. The maximum atomic E-state index is 6.69. The third-order valence-corrected chi connectivity index (χ3v) is 7.84. The minimum Gasteiger partial charge on any atom is -0.360 e. The van der Waals surface area contributed by atoms with Gasteiger partial charge >= 0.3 is 0 Å². The van der Waals surface area contributed by atoms with Crippen molar-refractivity contribution in [1.29, 1.82) is 0 Å². The normalized spacial score (nSPS) is 19.8. The molecule has 6 nitrogen and oxygen atoms in total. The molecular weight excluding hydrogens is 499 g/mol. The lowest BCUT2D eigenvalue weighted by Gasteiger charge is -2.42. The fourth-order valence-electron chi connectivity index (χ4n) is 5.28. The van der Waals surface area contributed by atoms with E-state index in [4.69, 9.17) is 15.7 Å². The highest BCUT2D eigenvalue weighted by Gasteiger charge is 2.46. The van der Waals surface area contributed by atoms with Crippen molar-refractivity contribution in [1.82, 2.24) is 19.9 Å². The number of para-hydroxylation sites is 1. The van der Waals surface area contributed by atoms with Gasteiger partial charge in [0.05, 0.1) is 6.20 Å². The third-order valence-electron chi connectivity index (χ3n) is 7.08. The molecule has 0 radical (unpaired) electrons. The maximum Gasteiger partial charge on any atom is 0.148 e. The van der Waals surface area contributed by atoms with Gasteiger partial charge in [-0.05, 0) is 65.0 Å². The lowest BCUT2D eigenvalue weighted by atomic mass is 9.73. The van der Waals surface area contributed by atoms with Crippen LogP contribution in [0.4, 0.5) is 5.82 Å². The first kappa shape index (κ1) is 19.2. The van der Waals surface area contributed by atoms with Crippen molar-refractivity contribution in [3.05, 3.63) is 69.9 Å². The Morgan fingerprint density at radius 3 is 2.74 bits per heavy atom. The van der Waals surface area contributed by atoms with Crippen LogP contribution in [0.1, 0.15) is 30.1 Å². The molecule has 6 rings (SSSR count). The number of pyridine rings is 1. The minimum absolute atomic E-state index is 0.0776. The van der Waals surface area contributed by atoms with E-state index in [0.717, 1.165) is 58.6 Å². The number of nitrogens with zero attached hydrogens (tertiary/aromatic N) is 4. The van der Waals surface area contributed by atoms with E-state index in [-0.39, 0.29) is 11.5 Å². The Labute approximate surface area is 194 Å². The van der Waals surface area contributed by atoms with Gasteiger partial charge < -0.3 is 15.6 Å². The number of piperidine rings is 1. The standard InChI is InChI=1S/C24H23IN6/c25-23-21(17-13-28-18-6-2-1-4-15(17)18)29-14-20(30-23)31-10-7-24(8-11-31)12-19-16(22(24)26)5-3-9-27-19/h1-6,9,13-14,22,28H,7-8,10-12,26H2/t22-/m1/s1. The molecule has 0 amide bonds. The molecule has 4 aromatic rings. The van der Waals surface area contributed by atoms with E-state index in [2.05, 4.69) is 61.7 Å². The van der Waals surface area contributed by atoms with E-state index < -0.39 is 0 Å². The number of anilines is 1.